The first-order valence-electron chi connectivity index (χ1n) is 39.2. The number of benzene rings is 2. The number of nitrogens with zero attached hydrogens (tertiary/aromatic N) is 6. The van der Waals surface area contributed by atoms with Gasteiger partial charge in [0.2, 0.25) is 53.2 Å². The molecule has 630 valence electrons. The maximum atomic E-state index is 15.2. The lowest BCUT2D eigenvalue weighted by atomic mass is 9.89. The number of hydroxylamine groups is 2. The van der Waals surface area contributed by atoms with Crippen LogP contribution in [-0.2, 0) is 89.6 Å². The number of amides is 14. The third kappa shape index (κ3) is 28.3. The van der Waals surface area contributed by atoms with E-state index in [1.165, 1.54) is 48.9 Å². The summed E-state index contributed by atoms with van der Waals surface area (Å²) < 4.78 is 47.3. The second-order valence-corrected chi connectivity index (χ2v) is 32.0. The van der Waals surface area contributed by atoms with Crippen LogP contribution in [0, 0.1) is 41.2 Å². The number of halogens is 2. The highest BCUT2D eigenvalue weighted by molar-refractivity contribution is 8.00. The fraction of sp³-hybridized carbons (Fsp3) is 0.671. The number of anilines is 1. The minimum Gasteiger partial charge on any atom is -0.445 e. The number of nitrogens with two attached hydrogens (primary N) is 1. The van der Waals surface area contributed by atoms with Crippen molar-refractivity contribution in [3.8, 4) is 0 Å². The van der Waals surface area contributed by atoms with E-state index in [1.807, 2.05) is 41.5 Å². The number of ether oxygens (including phenoxy) is 3. The molecule has 0 radical (unpaired) electrons. The molecule has 8 N–H and O–H groups in total. The zero-order valence-corrected chi connectivity index (χ0v) is 69.1. The van der Waals surface area contributed by atoms with Gasteiger partial charge in [0.25, 0.3) is 11.8 Å². The molecule has 0 aromatic heterocycles. The summed E-state index contributed by atoms with van der Waals surface area (Å²) in [6, 6.07) is 3.08. The quantitative estimate of drug-likeness (QED) is 0.0290. The zero-order valence-electron chi connectivity index (χ0n) is 68.2. The first-order chi connectivity index (χ1) is 53.5. The molecule has 0 bridgehead atoms. The SMILES string of the molecule is CC[C@H](C)C([C@@H](CC(=O)N1C[C@@H](N(C)C(=O)OCc2ccc(NC(=O)C(CCCNC(N)=O)NC(=O)[C@@H](NC(=O)CCCCCN3C(=O)CC(SCCCCCC(=O)ON4C(=O)CCC4=O)C3=O)C(C)C)cc2)C[C@H]1[C@H](OC)[C@@H](C)C(=O)NCCc1c(F)cccc1F)OC)N(C)C(=O)[C@@H](NC(=O)[C@H](C(C)C)N(C)C)C(C)C. The number of thioether (sulfide) groups is 1. The van der Waals surface area contributed by atoms with Gasteiger partial charge in [-0.05, 0) is 125 Å². The molecule has 3 saturated heterocycles. The van der Waals surface area contributed by atoms with E-state index in [9.17, 15) is 71.1 Å². The Labute approximate surface area is 666 Å². The molecule has 3 fully saturated rings. The Morgan fingerprint density at radius 1 is 0.690 bits per heavy atom. The molecule has 14 amide bonds. The molecule has 2 aromatic rings. The van der Waals surface area contributed by atoms with E-state index in [0.717, 1.165) is 12.1 Å². The molecule has 12 atom stereocenters. The Morgan fingerprint density at radius 3 is 1.92 bits per heavy atom. The van der Waals surface area contributed by atoms with Crippen LogP contribution in [0.15, 0.2) is 42.5 Å². The first-order valence-corrected chi connectivity index (χ1v) is 40.3. The Kier molecular flexibility index (Phi) is 38.9. The highest BCUT2D eigenvalue weighted by Crippen LogP contribution is 2.33. The van der Waals surface area contributed by atoms with Gasteiger partial charge in [0, 0.05) is 97.8 Å². The Hall–Kier alpha value is -8.89. The number of rotatable bonds is 47. The Bertz CT molecular complexity index is 3550. The molecule has 2 aromatic carbocycles. The molecule has 3 aliphatic heterocycles. The van der Waals surface area contributed by atoms with Crippen molar-refractivity contribution in [2.45, 2.75) is 238 Å². The second kappa shape index (κ2) is 46.5. The number of hydrogen-bond donors (Lipinski definition) is 7. The molecule has 113 heavy (non-hydrogen) atoms. The van der Waals surface area contributed by atoms with Gasteiger partial charge in [0.05, 0.1) is 54.0 Å². The molecule has 31 nitrogen and oxygen atoms in total. The molecule has 0 spiro atoms. The van der Waals surface area contributed by atoms with E-state index in [1.54, 1.807) is 80.9 Å². The Balaban J connectivity index is 1.20. The molecule has 34 heteroatoms. The van der Waals surface area contributed by atoms with Crippen LogP contribution < -0.4 is 37.6 Å². The van der Waals surface area contributed by atoms with Gasteiger partial charge in [-0.25, -0.2) is 23.2 Å². The summed E-state index contributed by atoms with van der Waals surface area (Å²) in [5, 5.41) is 16.6. The van der Waals surface area contributed by atoms with E-state index in [0.29, 0.717) is 67.0 Å². The number of unbranched alkanes of at least 4 members (excludes halogenated alkanes) is 4. The molecule has 3 heterocycles. The third-order valence-corrected chi connectivity index (χ3v) is 22.3. The van der Waals surface area contributed by atoms with Crippen LogP contribution >= 0.6 is 11.8 Å². The second-order valence-electron chi connectivity index (χ2n) is 30.7. The number of imide groups is 2. The van der Waals surface area contributed by atoms with Crippen LogP contribution in [0.1, 0.15) is 176 Å². The van der Waals surface area contributed by atoms with Gasteiger partial charge in [0.15, 0.2) is 0 Å². The lowest BCUT2D eigenvalue weighted by Gasteiger charge is -2.41. The van der Waals surface area contributed by atoms with Crippen molar-refractivity contribution in [2.75, 3.05) is 79.7 Å². The summed E-state index contributed by atoms with van der Waals surface area (Å²) in [5.74, 6) is -8.69. The Morgan fingerprint density at radius 2 is 1.33 bits per heavy atom. The summed E-state index contributed by atoms with van der Waals surface area (Å²) in [6.07, 6.45) is 0.974. The van der Waals surface area contributed by atoms with Crippen molar-refractivity contribution in [3.63, 3.8) is 0 Å². The zero-order chi connectivity index (χ0) is 84.1. The normalized spacial score (nSPS) is 18.1. The van der Waals surface area contributed by atoms with Crippen molar-refractivity contribution in [2.24, 2.45) is 35.3 Å². The number of methoxy groups -OCH3 is 2. The number of likely N-dealkylation sites (tertiary alicyclic amines) is 2. The van der Waals surface area contributed by atoms with Gasteiger partial charge >= 0.3 is 18.1 Å². The fourth-order valence-electron chi connectivity index (χ4n) is 14.4. The maximum Gasteiger partial charge on any atom is 0.410 e. The van der Waals surface area contributed by atoms with Gasteiger partial charge in [-0.2, -0.15) is 0 Å². The predicted molar refractivity (Wildman–Crippen MR) is 418 cm³/mol. The molecule has 3 unspecified atom stereocenters. The van der Waals surface area contributed by atoms with E-state index in [-0.39, 0.29) is 144 Å². The minimum absolute atomic E-state index is 0.00518. The molecule has 0 aliphatic carbocycles. The van der Waals surface area contributed by atoms with Crippen LogP contribution in [0.25, 0.3) is 0 Å². The predicted octanol–water partition coefficient (Wildman–Crippen LogP) is 6.12. The van der Waals surface area contributed by atoms with Gasteiger partial charge < -0.3 is 71.4 Å². The van der Waals surface area contributed by atoms with Crippen molar-refractivity contribution in [1.29, 1.82) is 0 Å². The number of likely N-dealkylation sites (N-methyl/N-ethyl adjacent to an activating group) is 3. The average molecular weight is 1610 g/mol. The highest BCUT2D eigenvalue weighted by atomic mass is 32.2. The van der Waals surface area contributed by atoms with Crippen LogP contribution in [-0.4, -0.2) is 247 Å². The molecule has 0 saturated carbocycles. The van der Waals surface area contributed by atoms with Gasteiger partial charge in [-0.1, -0.05) is 99.8 Å². The third-order valence-electron chi connectivity index (χ3n) is 21.0. The number of carbonyl (C=O) groups excluding carboxylic acids is 14. The van der Waals surface area contributed by atoms with Crippen LogP contribution in [0.3, 0.4) is 0 Å². The van der Waals surface area contributed by atoms with Crippen molar-refractivity contribution in [3.05, 3.63) is 65.2 Å². The van der Waals surface area contributed by atoms with E-state index in [2.05, 4.69) is 31.9 Å². The standard InChI is InChI=1S/C79H121F2N13O18S/c1-16-49(8)70(91(13)77(106)68(47(4)5)88-75(104)69(48(6)7)89(10)11)59(109-14)42-64(98)93-44-53(41-58(93)71(110-15)50(9)72(101)83-38-36-54-55(80)25-23-26-56(54)81)90(12)79(108)111-45-51-30-32-52(33-31-51)85-73(102)57(27-24-37-84-78(82)107)86-74(103)67(46(2)3)87-61(95)28-19-17-21-39-92-65(99)43-60(76(92)105)113-40-22-18-20-29-66(100)112-94-62(96)34-35-63(94)97/h23,25-26,30-33,46-50,53,57-60,67-71H,16-22,24,27-29,34-45H2,1-15H3,(H,83,101)(H,85,102)(H,86,103)(H,87,95)(H,88,104)(H3,82,84,107)/t49-,50+,53-,57?,58-,59+,60?,67-,68-,69-,70?,71+/m0/s1. The number of nitrogens with one attached hydrogen (secondary N) is 6. The van der Waals surface area contributed by atoms with Crippen molar-refractivity contribution < 1.29 is 95.0 Å². The van der Waals surface area contributed by atoms with Crippen molar-refractivity contribution >= 4 is 101 Å². The smallest absolute Gasteiger partial charge is 0.410 e. The largest absolute Gasteiger partial charge is 0.445 e. The van der Waals surface area contributed by atoms with E-state index in [4.69, 9.17) is 24.8 Å². The van der Waals surface area contributed by atoms with Crippen LogP contribution in [0.5, 0.6) is 0 Å². The monoisotopic (exact) mass is 1610 g/mol. The first kappa shape index (κ1) is 94.7. The summed E-state index contributed by atoms with van der Waals surface area (Å²) in [5.41, 5.74) is 5.90. The van der Waals surface area contributed by atoms with E-state index < -0.39 is 143 Å². The topological polar surface area (TPSA) is 394 Å². The summed E-state index contributed by atoms with van der Waals surface area (Å²) >= 11 is 1.36. The number of primary amides is 1. The lowest BCUT2D eigenvalue weighted by Crippen LogP contribution is -2.59. The van der Waals surface area contributed by atoms with Crippen molar-refractivity contribution in [1.82, 2.24) is 56.1 Å². The van der Waals surface area contributed by atoms with E-state index >= 15 is 4.79 Å². The summed E-state index contributed by atoms with van der Waals surface area (Å²) in [6.45, 7) is 16.3. The van der Waals surface area contributed by atoms with Crippen LogP contribution in [0.2, 0.25) is 0 Å². The van der Waals surface area contributed by atoms with Gasteiger partial charge in [-0.3, -0.25) is 62.5 Å². The van der Waals surface area contributed by atoms with Gasteiger partial charge in [-0.15, -0.1) is 16.8 Å². The minimum atomic E-state index is -1.17. The average Bonchev–Trinajstić information content (AvgIpc) is 1.67. The number of urea groups is 1. The summed E-state index contributed by atoms with van der Waals surface area (Å²) in [7, 11) is 9.58. The van der Waals surface area contributed by atoms with Gasteiger partial charge in [0.1, 0.15) is 36.4 Å². The lowest BCUT2D eigenvalue weighted by molar-refractivity contribution is -0.197. The maximum absolute atomic E-state index is 15.2. The highest BCUT2D eigenvalue weighted by Gasteiger charge is 2.48. The molecule has 5 rings (SSSR count). The molecular formula is C79H121F2N13O18S. The molecule has 3 aliphatic rings. The summed E-state index contributed by atoms with van der Waals surface area (Å²) in [4.78, 5) is 199. The molecular weight excluding hydrogens is 1490 g/mol. The van der Waals surface area contributed by atoms with Crippen LogP contribution in [0.4, 0.5) is 24.1 Å². The fourth-order valence-corrected chi connectivity index (χ4v) is 15.6. The number of carbonyl (C=O) groups is 14. The number of hydrogen-bond acceptors (Lipinski definition) is 20.